The zero-order chi connectivity index (χ0) is 13.1. The van der Waals surface area contributed by atoms with E-state index in [4.69, 9.17) is 22.1 Å². The van der Waals surface area contributed by atoms with Crippen molar-refractivity contribution in [3.63, 3.8) is 0 Å². The Labute approximate surface area is 111 Å². The fraction of sp³-hybridized carbons (Fsp3) is 0.154. The molecule has 2 aromatic rings. The van der Waals surface area contributed by atoms with Gasteiger partial charge in [0.2, 0.25) is 0 Å². The topological polar surface area (TPSA) is 60.2 Å². The molecule has 0 radical (unpaired) electrons. The van der Waals surface area contributed by atoms with Crippen LogP contribution in [0.15, 0.2) is 30.5 Å². The molecule has 0 aliphatic heterocycles. The van der Waals surface area contributed by atoms with Gasteiger partial charge in [-0.05, 0) is 36.8 Å². The quantitative estimate of drug-likeness (QED) is 0.891. The van der Waals surface area contributed by atoms with Crippen LogP contribution in [0.1, 0.15) is 5.56 Å². The van der Waals surface area contributed by atoms with E-state index in [0.717, 1.165) is 11.3 Å². The largest absolute Gasteiger partial charge is 0.495 e. The summed E-state index contributed by atoms with van der Waals surface area (Å²) in [6.45, 7) is 1.93. The average molecular weight is 264 g/mol. The normalized spacial score (nSPS) is 10.2. The number of halogens is 1. The van der Waals surface area contributed by atoms with E-state index >= 15 is 0 Å². The number of anilines is 3. The third kappa shape index (κ3) is 2.65. The van der Waals surface area contributed by atoms with Crippen LogP contribution in [0, 0.1) is 6.92 Å². The van der Waals surface area contributed by atoms with E-state index in [-0.39, 0.29) is 0 Å². The standard InChI is InChI=1S/C13H14ClN3O/c1-8-5-13(16-7-10(8)15)17-11-6-9(14)3-4-12(11)18-2/h3-7H,15H2,1-2H3,(H,16,17). The van der Waals surface area contributed by atoms with Crippen LogP contribution in [-0.4, -0.2) is 12.1 Å². The minimum absolute atomic E-state index is 0.630. The van der Waals surface area contributed by atoms with E-state index in [1.165, 1.54) is 0 Å². The summed E-state index contributed by atoms with van der Waals surface area (Å²) in [7, 11) is 1.61. The summed E-state index contributed by atoms with van der Waals surface area (Å²) in [5, 5.41) is 3.79. The maximum atomic E-state index is 5.96. The second-order valence-corrected chi connectivity index (χ2v) is 4.33. The van der Waals surface area contributed by atoms with Gasteiger partial charge in [0.15, 0.2) is 0 Å². The molecule has 18 heavy (non-hydrogen) atoms. The summed E-state index contributed by atoms with van der Waals surface area (Å²) in [4.78, 5) is 4.20. The van der Waals surface area contributed by atoms with Crippen molar-refractivity contribution < 1.29 is 4.74 Å². The van der Waals surface area contributed by atoms with Crippen LogP contribution in [-0.2, 0) is 0 Å². The van der Waals surface area contributed by atoms with Crippen LogP contribution in [0.2, 0.25) is 5.02 Å². The minimum atomic E-state index is 0.630. The van der Waals surface area contributed by atoms with Crippen molar-refractivity contribution in [3.8, 4) is 5.75 Å². The lowest BCUT2D eigenvalue weighted by Crippen LogP contribution is -1.99. The Kier molecular flexibility index (Phi) is 3.58. The minimum Gasteiger partial charge on any atom is -0.495 e. The highest BCUT2D eigenvalue weighted by molar-refractivity contribution is 6.31. The van der Waals surface area contributed by atoms with Crippen LogP contribution in [0.5, 0.6) is 5.75 Å². The van der Waals surface area contributed by atoms with Gasteiger partial charge in [0.1, 0.15) is 11.6 Å². The molecule has 0 spiro atoms. The number of nitrogens with two attached hydrogens (primary N) is 1. The summed E-state index contributed by atoms with van der Waals surface area (Å²) in [5.41, 5.74) is 8.12. The molecule has 0 saturated carbocycles. The van der Waals surface area contributed by atoms with Crippen LogP contribution in [0.3, 0.4) is 0 Å². The highest BCUT2D eigenvalue weighted by Gasteiger charge is 2.05. The summed E-state index contributed by atoms with van der Waals surface area (Å²) in [6.07, 6.45) is 1.62. The molecule has 0 fully saturated rings. The van der Waals surface area contributed by atoms with E-state index in [2.05, 4.69) is 10.3 Å². The number of benzene rings is 1. The number of nitrogen functional groups attached to an aromatic ring is 1. The van der Waals surface area contributed by atoms with Gasteiger partial charge in [-0.15, -0.1) is 0 Å². The van der Waals surface area contributed by atoms with Gasteiger partial charge >= 0.3 is 0 Å². The smallest absolute Gasteiger partial charge is 0.142 e. The van der Waals surface area contributed by atoms with E-state index in [1.807, 2.05) is 13.0 Å². The van der Waals surface area contributed by atoms with Gasteiger partial charge in [0, 0.05) is 5.02 Å². The van der Waals surface area contributed by atoms with E-state index < -0.39 is 0 Å². The summed E-state index contributed by atoms with van der Waals surface area (Å²) in [6, 6.07) is 7.23. The summed E-state index contributed by atoms with van der Waals surface area (Å²) < 4.78 is 5.25. The fourth-order valence-corrected chi connectivity index (χ4v) is 1.72. The van der Waals surface area contributed by atoms with Crippen molar-refractivity contribution in [3.05, 3.63) is 41.0 Å². The number of methoxy groups -OCH3 is 1. The second-order valence-electron chi connectivity index (χ2n) is 3.90. The van der Waals surface area contributed by atoms with E-state index in [9.17, 15) is 0 Å². The van der Waals surface area contributed by atoms with Gasteiger partial charge < -0.3 is 15.8 Å². The van der Waals surface area contributed by atoms with Crippen LogP contribution < -0.4 is 15.8 Å². The molecule has 0 amide bonds. The molecule has 1 aromatic carbocycles. The predicted molar refractivity (Wildman–Crippen MR) is 74.7 cm³/mol. The third-order valence-corrected chi connectivity index (χ3v) is 2.81. The molecule has 2 rings (SSSR count). The Morgan fingerprint density at radius 1 is 1.33 bits per heavy atom. The Morgan fingerprint density at radius 3 is 2.78 bits per heavy atom. The highest BCUT2D eigenvalue weighted by Crippen LogP contribution is 2.30. The Bertz CT molecular complexity index is 572. The number of hydrogen-bond donors (Lipinski definition) is 2. The third-order valence-electron chi connectivity index (χ3n) is 2.58. The number of hydrogen-bond acceptors (Lipinski definition) is 4. The first kappa shape index (κ1) is 12.5. The van der Waals surface area contributed by atoms with Crippen molar-refractivity contribution in [1.82, 2.24) is 4.98 Å². The molecular formula is C13H14ClN3O. The zero-order valence-corrected chi connectivity index (χ0v) is 11.0. The number of pyridine rings is 1. The van der Waals surface area contributed by atoms with Gasteiger partial charge in [-0.1, -0.05) is 11.6 Å². The van der Waals surface area contributed by atoms with Crippen molar-refractivity contribution in [2.75, 3.05) is 18.2 Å². The molecule has 4 nitrogen and oxygen atoms in total. The molecule has 0 aliphatic rings. The lowest BCUT2D eigenvalue weighted by molar-refractivity contribution is 0.417. The SMILES string of the molecule is COc1ccc(Cl)cc1Nc1cc(C)c(N)cn1. The Hall–Kier alpha value is -1.94. The molecule has 0 saturated heterocycles. The number of ether oxygens (including phenoxy) is 1. The maximum Gasteiger partial charge on any atom is 0.142 e. The molecule has 1 aromatic heterocycles. The van der Waals surface area contributed by atoms with E-state index in [0.29, 0.717) is 22.3 Å². The Morgan fingerprint density at radius 2 is 2.11 bits per heavy atom. The van der Waals surface area contributed by atoms with Crippen molar-refractivity contribution in [2.45, 2.75) is 6.92 Å². The molecule has 0 aliphatic carbocycles. The second kappa shape index (κ2) is 5.14. The summed E-state index contributed by atoms with van der Waals surface area (Å²) >= 11 is 5.96. The molecular weight excluding hydrogens is 250 g/mol. The van der Waals surface area contributed by atoms with Crippen LogP contribution >= 0.6 is 11.6 Å². The van der Waals surface area contributed by atoms with Gasteiger partial charge in [-0.3, -0.25) is 0 Å². The summed E-state index contributed by atoms with van der Waals surface area (Å²) in [5.74, 6) is 1.40. The van der Waals surface area contributed by atoms with Gasteiger partial charge in [0.05, 0.1) is 24.7 Å². The lowest BCUT2D eigenvalue weighted by atomic mass is 10.2. The van der Waals surface area contributed by atoms with Crippen LogP contribution in [0.4, 0.5) is 17.2 Å². The van der Waals surface area contributed by atoms with E-state index in [1.54, 1.807) is 31.5 Å². The zero-order valence-electron chi connectivity index (χ0n) is 10.2. The molecule has 0 bridgehead atoms. The molecule has 3 N–H and O–H groups in total. The van der Waals surface area contributed by atoms with Crippen LogP contribution in [0.25, 0.3) is 0 Å². The number of nitrogens with one attached hydrogen (secondary N) is 1. The number of nitrogens with zero attached hydrogens (tertiary/aromatic N) is 1. The maximum absolute atomic E-state index is 5.96. The molecule has 0 unspecified atom stereocenters. The highest BCUT2D eigenvalue weighted by atomic mass is 35.5. The van der Waals surface area contributed by atoms with Crippen molar-refractivity contribution >= 4 is 28.8 Å². The van der Waals surface area contributed by atoms with Gasteiger partial charge in [0.25, 0.3) is 0 Å². The molecule has 1 heterocycles. The average Bonchev–Trinajstić information content (AvgIpc) is 2.34. The number of aromatic nitrogens is 1. The monoisotopic (exact) mass is 263 g/mol. The molecule has 94 valence electrons. The van der Waals surface area contributed by atoms with Gasteiger partial charge in [-0.25, -0.2) is 4.98 Å². The first-order chi connectivity index (χ1) is 8.60. The number of aryl methyl sites for hydroxylation is 1. The first-order valence-corrected chi connectivity index (χ1v) is 5.80. The van der Waals surface area contributed by atoms with Crippen molar-refractivity contribution in [2.24, 2.45) is 0 Å². The molecule has 0 atom stereocenters. The number of rotatable bonds is 3. The fourth-order valence-electron chi connectivity index (χ4n) is 1.55. The Balaban J connectivity index is 2.33. The van der Waals surface area contributed by atoms with Crippen molar-refractivity contribution in [1.29, 1.82) is 0 Å². The first-order valence-electron chi connectivity index (χ1n) is 5.43. The van der Waals surface area contributed by atoms with Gasteiger partial charge in [-0.2, -0.15) is 0 Å². The lowest BCUT2D eigenvalue weighted by Gasteiger charge is -2.11. The molecule has 5 heteroatoms. The predicted octanol–water partition coefficient (Wildman–Crippen LogP) is 3.38.